The van der Waals surface area contributed by atoms with Crippen molar-refractivity contribution in [2.24, 2.45) is 5.41 Å². The first kappa shape index (κ1) is 14.8. The van der Waals surface area contributed by atoms with Crippen LogP contribution in [0.15, 0.2) is 18.2 Å². The summed E-state index contributed by atoms with van der Waals surface area (Å²) in [7, 11) is 0. The molecule has 1 spiro atoms. The molecule has 0 bridgehead atoms. The fourth-order valence-corrected chi connectivity index (χ4v) is 4.41. The third kappa shape index (κ3) is 2.65. The molecule has 2 saturated carbocycles. The van der Waals surface area contributed by atoms with Crippen molar-refractivity contribution in [1.29, 1.82) is 0 Å². The van der Waals surface area contributed by atoms with Crippen LogP contribution in [0.25, 0.3) is 0 Å². The molecule has 0 N–H and O–H groups in total. The van der Waals surface area contributed by atoms with Crippen LogP contribution in [0.2, 0.25) is 10.0 Å². The van der Waals surface area contributed by atoms with Crippen LogP contribution in [-0.4, -0.2) is 11.5 Å². The first-order valence-electron chi connectivity index (χ1n) is 7.37. The standard InChI is InChI=1S/C16H19Cl3O/c17-12-6-5-11(9-13(12)18)20-15-10-14(19)16(15)7-3-1-2-4-8-16/h5-6,9,14-15H,1-4,7-8,10H2. The molecule has 1 nitrogen and oxygen atoms in total. The molecule has 0 heterocycles. The van der Waals surface area contributed by atoms with Crippen LogP contribution in [0.1, 0.15) is 44.9 Å². The zero-order chi connectivity index (χ0) is 14.2. The summed E-state index contributed by atoms with van der Waals surface area (Å²) >= 11 is 18.5. The van der Waals surface area contributed by atoms with Gasteiger partial charge in [-0.15, -0.1) is 11.6 Å². The van der Waals surface area contributed by atoms with Crippen LogP contribution in [0.4, 0.5) is 0 Å². The van der Waals surface area contributed by atoms with Gasteiger partial charge in [0, 0.05) is 23.3 Å². The maximum absolute atomic E-state index is 6.55. The van der Waals surface area contributed by atoms with E-state index in [2.05, 4.69) is 0 Å². The third-order valence-corrected chi connectivity index (χ3v) is 6.24. The van der Waals surface area contributed by atoms with Gasteiger partial charge in [-0.2, -0.15) is 0 Å². The molecule has 3 rings (SSSR count). The van der Waals surface area contributed by atoms with Crippen LogP contribution < -0.4 is 4.74 Å². The third-order valence-electron chi connectivity index (χ3n) is 4.89. The molecular formula is C16H19Cl3O. The van der Waals surface area contributed by atoms with E-state index in [0.717, 1.165) is 12.2 Å². The Morgan fingerprint density at radius 2 is 1.70 bits per heavy atom. The Morgan fingerprint density at radius 1 is 1.00 bits per heavy atom. The van der Waals surface area contributed by atoms with Gasteiger partial charge in [0.1, 0.15) is 11.9 Å². The summed E-state index contributed by atoms with van der Waals surface area (Å²) in [5.41, 5.74) is 0.171. The Hall–Kier alpha value is -0.110. The van der Waals surface area contributed by atoms with E-state index in [1.165, 1.54) is 38.5 Å². The number of ether oxygens (including phenoxy) is 1. The minimum atomic E-state index is 0.171. The van der Waals surface area contributed by atoms with Crippen LogP contribution in [0, 0.1) is 5.41 Å². The second-order valence-corrected chi connectivity index (χ2v) is 7.37. The quantitative estimate of drug-likeness (QED) is 0.595. The molecule has 0 radical (unpaired) electrons. The van der Waals surface area contributed by atoms with E-state index in [9.17, 15) is 0 Å². The normalized spacial score (nSPS) is 28.8. The lowest BCUT2D eigenvalue weighted by molar-refractivity contribution is -0.0512. The maximum Gasteiger partial charge on any atom is 0.121 e. The molecule has 20 heavy (non-hydrogen) atoms. The summed E-state index contributed by atoms with van der Waals surface area (Å²) in [5, 5.41) is 1.36. The number of benzene rings is 1. The van der Waals surface area contributed by atoms with E-state index in [4.69, 9.17) is 39.5 Å². The van der Waals surface area contributed by atoms with Gasteiger partial charge in [0.05, 0.1) is 10.0 Å². The highest BCUT2D eigenvalue weighted by Crippen LogP contribution is 2.55. The van der Waals surface area contributed by atoms with Crippen molar-refractivity contribution in [1.82, 2.24) is 0 Å². The number of hydrogen-bond acceptors (Lipinski definition) is 1. The van der Waals surface area contributed by atoms with Crippen molar-refractivity contribution in [2.75, 3.05) is 0 Å². The summed E-state index contributed by atoms with van der Waals surface area (Å²) in [6.45, 7) is 0. The van der Waals surface area contributed by atoms with E-state index >= 15 is 0 Å². The van der Waals surface area contributed by atoms with E-state index in [-0.39, 0.29) is 16.9 Å². The highest BCUT2D eigenvalue weighted by atomic mass is 35.5. The molecule has 110 valence electrons. The molecule has 4 heteroatoms. The maximum atomic E-state index is 6.55. The first-order chi connectivity index (χ1) is 9.62. The summed E-state index contributed by atoms with van der Waals surface area (Å²) in [6, 6.07) is 5.48. The zero-order valence-corrected chi connectivity index (χ0v) is 13.6. The fourth-order valence-electron chi connectivity index (χ4n) is 3.60. The largest absolute Gasteiger partial charge is 0.490 e. The molecule has 0 aliphatic heterocycles. The predicted molar refractivity (Wildman–Crippen MR) is 85.3 cm³/mol. The molecule has 0 saturated heterocycles. The van der Waals surface area contributed by atoms with Crippen molar-refractivity contribution < 1.29 is 4.74 Å². The Balaban J connectivity index is 1.75. The highest BCUT2D eigenvalue weighted by molar-refractivity contribution is 6.42. The zero-order valence-electron chi connectivity index (χ0n) is 11.4. The lowest BCUT2D eigenvalue weighted by Crippen LogP contribution is -2.57. The summed E-state index contributed by atoms with van der Waals surface area (Å²) in [4.78, 5) is 0. The molecule has 1 aromatic rings. The van der Waals surface area contributed by atoms with Crippen LogP contribution >= 0.6 is 34.8 Å². The average Bonchev–Trinajstić information content (AvgIpc) is 2.70. The lowest BCUT2D eigenvalue weighted by atomic mass is 9.61. The molecule has 2 unspecified atom stereocenters. The van der Waals surface area contributed by atoms with Gasteiger partial charge in [0.15, 0.2) is 0 Å². The van der Waals surface area contributed by atoms with Gasteiger partial charge in [-0.05, 0) is 25.0 Å². The van der Waals surface area contributed by atoms with Gasteiger partial charge in [-0.1, -0.05) is 48.9 Å². The Kier molecular flexibility index (Phi) is 4.40. The van der Waals surface area contributed by atoms with Gasteiger partial charge in [0.25, 0.3) is 0 Å². The molecule has 1 aromatic carbocycles. The van der Waals surface area contributed by atoms with Gasteiger partial charge < -0.3 is 4.74 Å². The Morgan fingerprint density at radius 3 is 2.30 bits per heavy atom. The van der Waals surface area contributed by atoms with Gasteiger partial charge >= 0.3 is 0 Å². The minimum absolute atomic E-state index is 0.171. The van der Waals surface area contributed by atoms with E-state index < -0.39 is 0 Å². The van der Waals surface area contributed by atoms with E-state index in [1.807, 2.05) is 6.07 Å². The van der Waals surface area contributed by atoms with E-state index in [1.54, 1.807) is 12.1 Å². The van der Waals surface area contributed by atoms with Crippen molar-refractivity contribution in [3.63, 3.8) is 0 Å². The smallest absolute Gasteiger partial charge is 0.121 e. The molecule has 2 aliphatic rings. The topological polar surface area (TPSA) is 9.23 Å². The van der Waals surface area contributed by atoms with Crippen molar-refractivity contribution >= 4 is 34.8 Å². The predicted octanol–water partition coefficient (Wildman–Crippen LogP) is 6.09. The highest BCUT2D eigenvalue weighted by Gasteiger charge is 2.55. The minimum Gasteiger partial charge on any atom is -0.490 e. The lowest BCUT2D eigenvalue weighted by Gasteiger charge is -2.53. The van der Waals surface area contributed by atoms with Crippen LogP contribution in [0.5, 0.6) is 5.75 Å². The fraction of sp³-hybridized carbons (Fsp3) is 0.625. The van der Waals surface area contributed by atoms with Crippen molar-refractivity contribution in [3.05, 3.63) is 28.2 Å². The number of halogens is 3. The van der Waals surface area contributed by atoms with Crippen molar-refractivity contribution in [3.8, 4) is 5.75 Å². The summed E-state index contributed by atoms with van der Waals surface area (Å²) in [5.74, 6) is 0.802. The Labute approximate surface area is 135 Å². The first-order valence-corrected chi connectivity index (χ1v) is 8.57. The number of rotatable bonds is 2. The molecule has 0 aromatic heterocycles. The molecular weight excluding hydrogens is 315 g/mol. The van der Waals surface area contributed by atoms with Gasteiger partial charge in [-0.3, -0.25) is 0 Å². The average molecular weight is 334 g/mol. The number of alkyl halides is 1. The second kappa shape index (κ2) is 5.94. The monoisotopic (exact) mass is 332 g/mol. The van der Waals surface area contributed by atoms with Gasteiger partial charge in [-0.25, -0.2) is 0 Å². The second-order valence-electron chi connectivity index (χ2n) is 6.03. The number of hydrogen-bond donors (Lipinski definition) is 0. The molecule has 2 atom stereocenters. The molecule has 2 fully saturated rings. The van der Waals surface area contributed by atoms with E-state index in [0.29, 0.717) is 10.0 Å². The summed E-state index contributed by atoms with van der Waals surface area (Å²) in [6.07, 6.45) is 8.72. The van der Waals surface area contributed by atoms with Crippen molar-refractivity contribution in [2.45, 2.75) is 56.4 Å². The summed E-state index contributed by atoms with van der Waals surface area (Å²) < 4.78 is 6.18. The molecule has 2 aliphatic carbocycles. The van der Waals surface area contributed by atoms with Crippen LogP contribution in [-0.2, 0) is 0 Å². The van der Waals surface area contributed by atoms with Gasteiger partial charge in [0.2, 0.25) is 0 Å². The SMILES string of the molecule is Clc1ccc(OC2CC(Cl)C23CCCCCC3)cc1Cl. The Bertz CT molecular complexity index is 481. The molecule has 0 amide bonds. The van der Waals surface area contributed by atoms with Crippen LogP contribution in [0.3, 0.4) is 0 Å².